The van der Waals surface area contributed by atoms with Crippen LogP contribution in [0.4, 0.5) is 11.4 Å². The molecule has 30 heavy (non-hydrogen) atoms. The number of nitrogens with zero attached hydrogens (tertiary/aromatic N) is 4. The van der Waals surface area contributed by atoms with Gasteiger partial charge in [0.25, 0.3) is 0 Å². The van der Waals surface area contributed by atoms with Gasteiger partial charge in [-0.1, -0.05) is 42.1 Å². The number of nitrogens with one attached hydrogen (secondary N) is 1. The number of carbonyl (C=O) groups is 2. The highest BCUT2D eigenvalue weighted by atomic mass is 32.2. The van der Waals surface area contributed by atoms with Crippen LogP contribution < -0.4 is 10.2 Å². The lowest BCUT2D eigenvalue weighted by Crippen LogP contribution is -2.23. The second kappa shape index (κ2) is 9.13. The number of anilines is 2. The van der Waals surface area contributed by atoms with Crippen molar-refractivity contribution in [2.75, 3.05) is 22.5 Å². The molecule has 7 nitrogen and oxygen atoms in total. The zero-order chi connectivity index (χ0) is 20.9. The summed E-state index contributed by atoms with van der Waals surface area (Å²) in [5, 5.41) is 12.0. The van der Waals surface area contributed by atoms with Crippen molar-refractivity contribution in [2.45, 2.75) is 31.5 Å². The summed E-state index contributed by atoms with van der Waals surface area (Å²) in [6.45, 7) is 3.33. The number of rotatable bonds is 7. The highest BCUT2D eigenvalue weighted by molar-refractivity contribution is 7.99. The predicted octanol–water partition coefficient (Wildman–Crippen LogP) is 3.49. The van der Waals surface area contributed by atoms with Crippen LogP contribution >= 0.6 is 11.8 Å². The van der Waals surface area contributed by atoms with Crippen LogP contribution in [0.1, 0.15) is 24.2 Å². The van der Waals surface area contributed by atoms with Crippen LogP contribution in [-0.2, 0) is 16.1 Å². The molecule has 0 radical (unpaired) electrons. The maximum atomic E-state index is 12.4. The van der Waals surface area contributed by atoms with E-state index < -0.39 is 0 Å². The molecule has 1 saturated heterocycles. The van der Waals surface area contributed by atoms with E-state index in [1.54, 1.807) is 4.90 Å². The van der Waals surface area contributed by atoms with Gasteiger partial charge in [0.1, 0.15) is 5.82 Å². The monoisotopic (exact) mass is 421 g/mol. The first kappa shape index (κ1) is 20.2. The van der Waals surface area contributed by atoms with Crippen molar-refractivity contribution >= 4 is 35.0 Å². The minimum Gasteiger partial charge on any atom is -0.325 e. The lowest BCUT2D eigenvalue weighted by atomic mass is 10.2. The number of amides is 2. The molecule has 2 amide bonds. The van der Waals surface area contributed by atoms with Gasteiger partial charge in [-0.15, -0.1) is 10.2 Å². The topological polar surface area (TPSA) is 80.1 Å². The lowest BCUT2D eigenvalue weighted by molar-refractivity contribution is -0.117. The third-order valence-corrected chi connectivity index (χ3v) is 5.92. The molecular weight excluding hydrogens is 398 g/mol. The average Bonchev–Trinajstić information content (AvgIpc) is 3.34. The number of carbonyl (C=O) groups excluding carboxylic acids is 2. The van der Waals surface area contributed by atoms with E-state index in [-0.39, 0.29) is 17.6 Å². The number of thioether (sulfide) groups is 1. The average molecular weight is 422 g/mol. The summed E-state index contributed by atoms with van der Waals surface area (Å²) in [6.07, 6.45) is 1.49. The molecule has 1 fully saturated rings. The highest BCUT2D eigenvalue weighted by Gasteiger charge is 2.21. The molecule has 0 saturated carbocycles. The molecule has 4 rings (SSSR count). The van der Waals surface area contributed by atoms with E-state index in [1.165, 1.54) is 11.8 Å². The first-order valence-electron chi connectivity index (χ1n) is 9.87. The Morgan fingerprint density at radius 1 is 1.10 bits per heavy atom. The van der Waals surface area contributed by atoms with Crippen molar-refractivity contribution in [1.82, 2.24) is 14.8 Å². The fourth-order valence-electron chi connectivity index (χ4n) is 3.39. The molecule has 0 aliphatic carbocycles. The summed E-state index contributed by atoms with van der Waals surface area (Å²) in [4.78, 5) is 26.0. The van der Waals surface area contributed by atoms with Gasteiger partial charge in [-0.3, -0.25) is 9.59 Å². The number of aryl methyl sites for hydroxylation is 1. The van der Waals surface area contributed by atoms with E-state index in [1.807, 2.05) is 54.0 Å². The molecular formula is C22H23N5O2S. The number of hydrogen-bond donors (Lipinski definition) is 1. The van der Waals surface area contributed by atoms with E-state index >= 15 is 0 Å². The summed E-state index contributed by atoms with van der Waals surface area (Å²) >= 11 is 1.36. The van der Waals surface area contributed by atoms with Crippen molar-refractivity contribution in [1.29, 1.82) is 0 Å². The minimum absolute atomic E-state index is 0.114. The van der Waals surface area contributed by atoms with Gasteiger partial charge in [0.15, 0.2) is 5.16 Å². The van der Waals surface area contributed by atoms with Crippen LogP contribution in [0.25, 0.3) is 0 Å². The van der Waals surface area contributed by atoms with E-state index in [0.29, 0.717) is 18.7 Å². The SMILES string of the molecule is Cc1nnc(SCC(=O)Nc2ccc(N3CCCC3=O)cc2)n1Cc1ccccc1. The second-order valence-electron chi connectivity index (χ2n) is 7.13. The number of aromatic nitrogens is 3. The minimum atomic E-state index is -0.114. The van der Waals surface area contributed by atoms with Gasteiger partial charge in [-0.05, 0) is 43.2 Å². The predicted molar refractivity (Wildman–Crippen MR) is 118 cm³/mol. The van der Waals surface area contributed by atoms with Crippen molar-refractivity contribution in [3.63, 3.8) is 0 Å². The van der Waals surface area contributed by atoms with Gasteiger partial charge in [-0.2, -0.15) is 0 Å². The lowest BCUT2D eigenvalue weighted by Gasteiger charge is -2.16. The van der Waals surface area contributed by atoms with Crippen LogP contribution in [0.3, 0.4) is 0 Å². The Bertz CT molecular complexity index is 1030. The highest BCUT2D eigenvalue weighted by Crippen LogP contribution is 2.23. The number of hydrogen-bond acceptors (Lipinski definition) is 5. The summed E-state index contributed by atoms with van der Waals surface area (Å²) in [7, 11) is 0. The Morgan fingerprint density at radius 3 is 2.57 bits per heavy atom. The maximum absolute atomic E-state index is 12.4. The molecule has 0 atom stereocenters. The Kier molecular flexibility index (Phi) is 6.13. The summed E-state index contributed by atoms with van der Waals surface area (Å²) in [6, 6.07) is 17.5. The van der Waals surface area contributed by atoms with Gasteiger partial charge in [0.05, 0.1) is 12.3 Å². The van der Waals surface area contributed by atoms with Crippen LogP contribution in [0.5, 0.6) is 0 Å². The maximum Gasteiger partial charge on any atom is 0.234 e. The van der Waals surface area contributed by atoms with Gasteiger partial charge in [0.2, 0.25) is 11.8 Å². The molecule has 8 heteroatoms. The molecule has 2 aromatic carbocycles. The fraction of sp³-hybridized carbons (Fsp3) is 0.273. The summed E-state index contributed by atoms with van der Waals surface area (Å²) < 4.78 is 2.01. The van der Waals surface area contributed by atoms with E-state index in [4.69, 9.17) is 0 Å². The third-order valence-electron chi connectivity index (χ3n) is 4.95. The standard InChI is InChI=1S/C22H23N5O2S/c1-16-24-25-22(27(16)14-17-6-3-2-4-7-17)30-15-20(28)23-18-9-11-19(12-10-18)26-13-5-8-21(26)29/h2-4,6-7,9-12H,5,8,13-15H2,1H3,(H,23,28). The third kappa shape index (κ3) is 4.71. The molecule has 154 valence electrons. The van der Waals surface area contributed by atoms with Crippen LogP contribution in [-0.4, -0.2) is 38.9 Å². The molecule has 1 aromatic heterocycles. The van der Waals surface area contributed by atoms with Gasteiger partial charge >= 0.3 is 0 Å². The summed E-state index contributed by atoms with van der Waals surface area (Å²) in [5.41, 5.74) is 2.73. The van der Waals surface area contributed by atoms with Crippen molar-refractivity contribution in [3.8, 4) is 0 Å². The Hall–Kier alpha value is -3.13. The zero-order valence-corrected chi connectivity index (χ0v) is 17.6. The fourth-order valence-corrected chi connectivity index (χ4v) is 4.17. The normalized spacial score (nSPS) is 13.6. The van der Waals surface area contributed by atoms with Crippen LogP contribution in [0.2, 0.25) is 0 Å². The van der Waals surface area contributed by atoms with Crippen molar-refractivity contribution in [2.24, 2.45) is 0 Å². The molecule has 2 heterocycles. The van der Waals surface area contributed by atoms with Crippen LogP contribution in [0, 0.1) is 6.92 Å². The largest absolute Gasteiger partial charge is 0.325 e. The number of benzene rings is 2. The molecule has 1 aliphatic heterocycles. The molecule has 1 N–H and O–H groups in total. The van der Waals surface area contributed by atoms with Gasteiger partial charge < -0.3 is 14.8 Å². The van der Waals surface area contributed by atoms with E-state index in [9.17, 15) is 9.59 Å². The van der Waals surface area contributed by atoms with Gasteiger partial charge in [-0.25, -0.2) is 0 Å². The first-order valence-corrected chi connectivity index (χ1v) is 10.9. The second-order valence-corrected chi connectivity index (χ2v) is 8.08. The first-order chi connectivity index (χ1) is 14.6. The van der Waals surface area contributed by atoms with E-state index in [0.717, 1.165) is 35.2 Å². The Labute approximate surface area is 179 Å². The van der Waals surface area contributed by atoms with Crippen molar-refractivity contribution in [3.05, 3.63) is 66.0 Å². The molecule has 0 bridgehead atoms. The Morgan fingerprint density at radius 2 is 1.87 bits per heavy atom. The van der Waals surface area contributed by atoms with E-state index in [2.05, 4.69) is 27.6 Å². The molecule has 1 aliphatic rings. The Balaban J connectivity index is 1.34. The quantitative estimate of drug-likeness (QED) is 0.591. The van der Waals surface area contributed by atoms with Crippen molar-refractivity contribution < 1.29 is 9.59 Å². The van der Waals surface area contributed by atoms with Crippen LogP contribution in [0.15, 0.2) is 59.8 Å². The summed E-state index contributed by atoms with van der Waals surface area (Å²) in [5.74, 6) is 1.09. The smallest absolute Gasteiger partial charge is 0.234 e. The molecule has 0 unspecified atom stereocenters. The molecule has 3 aromatic rings. The molecule has 0 spiro atoms. The zero-order valence-electron chi connectivity index (χ0n) is 16.7. The van der Waals surface area contributed by atoms with Gasteiger partial charge in [0, 0.05) is 24.3 Å².